The molecule has 0 heterocycles. The van der Waals surface area contributed by atoms with Crippen molar-refractivity contribution in [2.24, 2.45) is 0 Å². The highest BCUT2D eigenvalue weighted by molar-refractivity contribution is 7.98. The maximum atomic E-state index is 11.7. The number of rotatable bonds is 9. The van der Waals surface area contributed by atoms with Crippen molar-refractivity contribution in [3.63, 3.8) is 0 Å². The zero-order valence-electron chi connectivity index (χ0n) is 12.6. The maximum absolute atomic E-state index is 11.7. The zero-order chi connectivity index (χ0) is 16.7. The number of carboxylic acid groups (broad SMARTS) is 1. The van der Waals surface area contributed by atoms with Gasteiger partial charge in [0.1, 0.15) is 6.04 Å². The first-order valence-corrected chi connectivity index (χ1v) is 9.50. The standard InChI is InChI=1S/C11H23N3O5S2/c1-11(2,14-21(4,18)19)7-12-10(17)13-8(9(15)16)5-6-20-3/h8,14H,5-7H2,1-4H3,(H,15,16)(H2,12,13,17). The first-order valence-electron chi connectivity index (χ1n) is 6.22. The van der Waals surface area contributed by atoms with E-state index in [0.717, 1.165) is 6.26 Å². The van der Waals surface area contributed by atoms with Gasteiger partial charge in [-0.3, -0.25) is 0 Å². The lowest BCUT2D eigenvalue weighted by Crippen LogP contribution is -2.54. The molecule has 124 valence electrons. The molecule has 0 fully saturated rings. The Morgan fingerprint density at radius 2 is 1.90 bits per heavy atom. The fourth-order valence-corrected chi connectivity index (χ4v) is 3.09. The quantitative estimate of drug-likeness (QED) is 0.461. The molecule has 0 aromatic rings. The normalized spacial score (nSPS) is 13.5. The van der Waals surface area contributed by atoms with Crippen molar-refractivity contribution < 1.29 is 23.1 Å². The molecule has 0 aliphatic heterocycles. The molecule has 0 aliphatic rings. The molecule has 0 spiro atoms. The second kappa shape index (κ2) is 8.44. The van der Waals surface area contributed by atoms with Crippen LogP contribution in [0.1, 0.15) is 20.3 Å². The minimum Gasteiger partial charge on any atom is -0.480 e. The molecular weight excluding hydrogens is 318 g/mol. The Morgan fingerprint density at radius 1 is 1.33 bits per heavy atom. The van der Waals surface area contributed by atoms with Gasteiger partial charge in [-0.25, -0.2) is 22.7 Å². The second-order valence-electron chi connectivity index (χ2n) is 5.26. The van der Waals surface area contributed by atoms with E-state index in [-0.39, 0.29) is 6.54 Å². The van der Waals surface area contributed by atoms with Gasteiger partial charge in [0.2, 0.25) is 10.0 Å². The van der Waals surface area contributed by atoms with Crippen LogP contribution in [0.2, 0.25) is 0 Å². The average molecular weight is 341 g/mol. The number of urea groups is 1. The van der Waals surface area contributed by atoms with Crippen LogP contribution in [0.3, 0.4) is 0 Å². The van der Waals surface area contributed by atoms with E-state index >= 15 is 0 Å². The summed E-state index contributed by atoms with van der Waals surface area (Å²) in [7, 11) is -3.40. The van der Waals surface area contributed by atoms with Crippen LogP contribution in [0.5, 0.6) is 0 Å². The predicted molar refractivity (Wildman–Crippen MR) is 83.0 cm³/mol. The van der Waals surface area contributed by atoms with E-state index < -0.39 is 33.6 Å². The van der Waals surface area contributed by atoms with Crippen LogP contribution < -0.4 is 15.4 Å². The van der Waals surface area contributed by atoms with Crippen molar-refractivity contribution in [3.05, 3.63) is 0 Å². The van der Waals surface area contributed by atoms with Gasteiger partial charge in [0.25, 0.3) is 0 Å². The van der Waals surface area contributed by atoms with Gasteiger partial charge in [-0.15, -0.1) is 0 Å². The molecule has 0 aliphatic carbocycles. The van der Waals surface area contributed by atoms with E-state index in [2.05, 4.69) is 15.4 Å². The highest BCUT2D eigenvalue weighted by Gasteiger charge is 2.24. The molecule has 8 nitrogen and oxygen atoms in total. The SMILES string of the molecule is CSCCC(NC(=O)NCC(C)(C)NS(C)(=O)=O)C(=O)O. The van der Waals surface area contributed by atoms with Crippen LogP contribution in [0.25, 0.3) is 0 Å². The van der Waals surface area contributed by atoms with Gasteiger partial charge in [0, 0.05) is 12.1 Å². The number of thioether (sulfide) groups is 1. The Hall–Kier alpha value is -1.00. The fourth-order valence-electron chi connectivity index (χ4n) is 1.54. The molecule has 0 radical (unpaired) electrons. The number of hydrogen-bond acceptors (Lipinski definition) is 5. The number of sulfonamides is 1. The molecule has 0 saturated heterocycles. The number of aliphatic carboxylic acids is 1. The lowest BCUT2D eigenvalue weighted by atomic mass is 10.1. The molecule has 4 N–H and O–H groups in total. The molecule has 0 bridgehead atoms. The zero-order valence-corrected chi connectivity index (χ0v) is 14.2. The van der Waals surface area contributed by atoms with Crippen LogP contribution in [0, 0.1) is 0 Å². The van der Waals surface area contributed by atoms with Gasteiger partial charge >= 0.3 is 12.0 Å². The van der Waals surface area contributed by atoms with Gasteiger partial charge in [-0.2, -0.15) is 11.8 Å². The van der Waals surface area contributed by atoms with Crippen LogP contribution >= 0.6 is 11.8 Å². The van der Waals surface area contributed by atoms with E-state index in [0.29, 0.717) is 12.2 Å². The molecule has 0 aromatic carbocycles. The van der Waals surface area contributed by atoms with Crippen molar-refractivity contribution in [2.75, 3.05) is 24.8 Å². The minimum absolute atomic E-state index is 0.0285. The Labute approximate surface area is 129 Å². The highest BCUT2D eigenvalue weighted by Crippen LogP contribution is 2.03. The van der Waals surface area contributed by atoms with Crippen LogP contribution in [-0.4, -0.2) is 61.9 Å². The van der Waals surface area contributed by atoms with Crippen molar-refractivity contribution in [1.29, 1.82) is 0 Å². The molecule has 21 heavy (non-hydrogen) atoms. The molecule has 2 amide bonds. The maximum Gasteiger partial charge on any atom is 0.326 e. The van der Waals surface area contributed by atoms with Crippen molar-refractivity contribution in [1.82, 2.24) is 15.4 Å². The Bertz CT molecular complexity index is 464. The van der Waals surface area contributed by atoms with Gasteiger partial charge < -0.3 is 15.7 Å². The summed E-state index contributed by atoms with van der Waals surface area (Å²) in [4.78, 5) is 22.6. The van der Waals surface area contributed by atoms with Crippen LogP contribution in [-0.2, 0) is 14.8 Å². The molecule has 1 atom stereocenters. The summed E-state index contributed by atoms with van der Waals surface area (Å²) in [6.07, 6.45) is 3.19. The topological polar surface area (TPSA) is 125 Å². The molecule has 10 heteroatoms. The molecule has 0 rings (SSSR count). The van der Waals surface area contributed by atoms with Crippen molar-refractivity contribution in [2.45, 2.75) is 31.8 Å². The summed E-state index contributed by atoms with van der Waals surface area (Å²) in [5.41, 5.74) is -0.872. The molecule has 1 unspecified atom stereocenters. The van der Waals surface area contributed by atoms with Gasteiger partial charge in [-0.05, 0) is 32.3 Å². The Balaban J connectivity index is 4.39. The third-order valence-corrected chi connectivity index (χ3v) is 3.93. The Kier molecular flexibility index (Phi) is 8.04. The van der Waals surface area contributed by atoms with Gasteiger partial charge in [0.05, 0.1) is 6.26 Å². The Morgan fingerprint density at radius 3 is 2.33 bits per heavy atom. The van der Waals surface area contributed by atoms with E-state index in [1.807, 2.05) is 6.26 Å². The van der Waals surface area contributed by atoms with Crippen molar-refractivity contribution in [3.8, 4) is 0 Å². The largest absolute Gasteiger partial charge is 0.480 e. The van der Waals surface area contributed by atoms with E-state index in [1.54, 1.807) is 13.8 Å². The highest BCUT2D eigenvalue weighted by atomic mass is 32.2. The molecule has 0 aromatic heterocycles. The average Bonchev–Trinajstić information content (AvgIpc) is 2.28. The van der Waals surface area contributed by atoms with Gasteiger partial charge in [-0.1, -0.05) is 0 Å². The van der Waals surface area contributed by atoms with Gasteiger partial charge in [0.15, 0.2) is 0 Å². The summed E-state index contributed by atoms with van der Waals surface area (Å²) in [5, 5.41) is 13.8. The first-order chi connectivity index (χ1) is 9.47. The van der Waals surface area contributed by atoms with E-state index in [1.165, 1.54) is 11.8 Å². The number of carbonyl (C=O) groups is 2. The second-order valence-corrected chi connectivity index (χ2v) is 7.99. The first kappa shape index (κ1) is 20.0. The molecular formula is C11H23N3O5S2. The predicted octanol–water partition coefficient (Wildman–Crippen LogP) is -0.180. The summed E-state index contributed by atoms with van der Waals surface area (Å²) in [6.45, 7) is 3.24. The van der Waals surface area contributed by atoms with Crippen molar-refractivity contribution >= 4 is 33.8 Å². The fraction of sp³-hybridized carbons (Fsp3) is 0.818. The number of amides is 2. The number of carbonyl (C=O) groups excluding carboxylic acids is 1. The lowest BCUT2D eigenvalue weighted by molar-refractivity contribution is -0.139. The van der Waals surface area contributed by atoms with E-state index in [9.17, 15) is 18.0 Å². The number of carboxylic acids is 1. The summed E-state index contributed by atoms with van der Waals surface area (Å²) >= 11 is 1.49. The summed E-state index contributed by atoms with van der Waals surface area (Å²) in [5.74, 6) is -0.494. The number of hydrogen-bond donors (Lipinski definition) is 4. The molecule has 0 saturated carbocycles. The summed E-state index contributed by atoms with van der Waals surface area (Å²) in [6, 6.07) is -1.62. The van der Waals surface area contributed by atoms with Crippen LogP contribution in [0.4, 0.5) is 4.79 Å². The third-order valence-electron chi connectivity index (χ3n) is 2.37. The monoisotopic (exact) mass is 341 g/mol. The lowest BCUT2D eigenvalue weighted by Gasteiger charge is -2.25. The number of nitrogens with one attached hydrogen (secondary N) is 3. The summed E-state index contributed by atoms with van der Waals surface area (Å²) < 4.78 is 24.7. The van der Waals surface area contributed by atoms with Crippen LogP contribution in [0.15, 0.2) is 0 Å². The smallest absolute Gasteiger partial charge is 0.326 e. The third kappa shape index (κ3) is 10.4. The van der Waals surface area contributed by atoms with E-state index in [4.69, 9.17) is 5.11 Å². The minimum atomic E-state index is -3.40.